The molecular weight excluding hydrogens is 409 g/mol. The summed E-state index contributed by atoms with van der Waals surface area (Å²) >= 11 is 0. The Bertz CT molecular complexity index is 980. The molecule has 2 unspecified atom stereocenters. The number of likely N-dealkylation sites (tertiary alicyclic amines) is 1. The molecule has 2 aromatic rings. The minimum absolute atomic E-state index is 0.0811. The molecule has 0 N–H and O–H groups in total. The van der Waals surface area contributed by atoms with E-state index in [0.717, 1.165) is 24.7 Å². The number of hydrogen-bond acceptors (Lipinski definition) is 4. The molecule has 0 saturated carbocycles. The molecule has 3 rings (SSSR count). The van der Waals surface area contributed by atoms with E-state index in [1.807, 2.05) is 0 Å². The first-order valence-corrected chi connectivity index (χ1v) is 10.4. The van der Waals surface area contributed by atoms with E-state index in [1.54, 1.807) is 20.0 Å². The Hall–Kier alpha value is -2.55. The van der Waals surface area contributed by atoms with Crippen molar-refractivity contribution in [2.24, 2.45) is 7.05 Å². The number of aryl methyl sites for hydroxylation is 2. The highest BCUT2D eigenvalue weighted by molar-refractivity contribution is 5.29. The number of piperidine rings is 1. The van der Waals surface area contributed by atoms with Gasteiger partial charge in [-0.3, -0.25) is 4.57 Å². The molecule has 2 atom stereocenters. The highest BCUT2D eigenvalue weighted by Crippen LogP contribution is 2.33. The first-order chi connectivity index (χ1) is 14.6. The number of ether oxygens (including phenoxy) is 1. The number of aromatic nitrogens is 3. The first kappa shape index (κ1) is 23.1. The quantitative estimate of drug-likeness (QED) is 0.658. The minimum atomic E-state index is -4.39. The largest absolute Gasteiger partial charge is 0.416 e. The fourth-order valence-corrected chi connectivity index (χ4v) is 4.05. The van der Waals surface area contributed by atoms with E-state index in [9.17, 15) is 18.0 Å². The average Bonchev–Trinajstić information content (AvgIpc) is 2.94. The maximum absolute atomic E-state index is 13.2. The molecule has 1 fully saturated rings. The van der Waals surface area contributed by atoms with Crippen LogP contribution in [0, 0.1) is 6.92 Å². The topological polar surface area (TPSA) is 52.3 Å². The first-order valence-electron chi connectivity index (χ1n) is 10.4. The third kappa shape index (κ3) is 5.39. The van der Waals surface area contributed by atoms with Crippen LogP contribution in [0.2, 0.25) is 0 Å². The van der Waals surface area contributed by atoms with Crippen LogP contribution in [0.15, 0.2) is 41.3 Å². The van der Waals surface area contributed by atoms with Crippen molar-refractivity contribution in [3.63, 3.8) is 0 Å². The fraction of sp³-hybridized carbons (Fsp3) is 0.545. The molecule has 1 aromatic heterocycles. The van der Waals surface area contributed by atoms with Gasteiger partial charge >= 0.3 is 11.9 Å². The summed E-state index contributed by atoms with van der Waals surface area (Å²) in [5.74, 6) is 0.674. The molecule has 1 saturated heterocycles. The van der Waals surface area contributed by atoms with Crippen LogP contribution >= 0.6 is 0 Å². The van der Waals surface area contributed by atoms with Gasteiger partial charge in [-0.15, -0.1) is 0 Å². The third-order valence-corrected chi connectivity index (χ3v) is 5.83. The van der Waals surface area contributed by atoms with Crippen molar-refractivity contribution in [2.45, 2.75) is 64.6 Å². The van der Waals surface area contributed by atoms with Crippen molar-refractivity contribution in [3.8, 4) is 0 Å². The molecule has 9 heteroatoms. The van der Waals surface area contributed by atoms with E-state index in [1.165, 1.54) is 21.4 Å². The van der Waals surface area contributed by atoms with Gasteiger partial charge in [-0.05, 0) is 38.3 Å². The van der Waals surface area contributed by atoms with Gasteiger partial charge in [0.1, 0.15) is 5.82 Å². The van der Waals surface area contributed by atoms with Crippen molar-refractivity contribution in [1.82, 2.24) is 19.2 Å². The van der Waals surface area contributed by atoms with E-state index in [0.29, 0.717) is 25.2 Å². The Balaban J connectivity index is 1.53. The number of benzene rings is 1. The van der Waals surface area contributed by atoms with E-state index in [-0.39, 0.29) is 30.0 Å². The normalized spacial score (nSPS) is 19.8. The molecule has 1 aliphatic heterocycles. The standard InChI is InChI=1S/C22H29F3N4O2/c1-15-12-19(31-14-18-8-5-6-9-20(18)22(23,24)25)13-16(2)28(15)10-7-11-29-21(30)27(4)17(3)26-29/h5-6,8-9,16,19H,1,7,10-14H2,2-4H3. The van der Waals surface area contributed by atoms with Gasteiger partial charge in [0.25, 0.3) is 0 Å². The number of halogens is 3. The van der Waals surface area contributed by atoms with Crippen molar-refractivity contribution >= 4 is 0 Å². The molecule has 0 bridgehead atoms. The van der Waals surface area contributed by atoms with Crippen LogP contribution in [0.5, 0.6) is 0 Å². The molecule has 0 aliphatic carbocycles. The molecule has 0 radical (unpaired) electrons. The van der Waals surface area contributed by atoms with Crippen LogP contribution in [-0.4, -0.2) is 37.9 Å². The maximum atomic E-state index is 13.2. The van der Waals surface area contributed by atoms with Gasteiger partial charge < -0.3 is 9.64 Å². The zero-order valence-corrected chi connectivity index (χ0v) is 18.2. The summed E-state index contributed by atoms with van der Waals surface area (Å²) in [6, 6.07) is 5.65. The van der Waals surface area contributed by atoms with Crippen molar-refractivity contribution in [2.75, 3.05) is 6.54 Å². The van der Waals surface area contributed by atoms with Gasteiger partial charge in [-0.25, -0.2) is 9.48 Å². The molecule has 0 amide bonds. The summed E-state index contributed by atoms with van der Waals surface area (Å²) in [7, 11) is 1.70. The zero-order valence-electron chi connectivity index (χ0n) is 18.2. The summed E-state index contributed by atoms with van der Waals surface area (Å²) in [5, 5.41) is 4.25. The number of rotatable bonds is 7. The van der Waals surface area contributed by atoms with E-state index < -0.39 is 11.7 Å². The monoisotopic (exact) mass is 438 g/mol. The maximum Gasteiger partial charge on any atom is 0.416 e. The van der Waals surface area contributed by atoms with Crippen LogP contribution in [0.1, 0.15) is 43.1 Å². The highest BCUT2D eigenvalue weighted by atomic mass is 19.4. The average molecular weight is 438 g/mol. The molecule has 2 heterocycles. The number of alkyl halides is 3. The SMILES string of the molecule is C=C1CC(OCc2ccccc2C(F)(F)F)CC(C)N1CCCn1nc(C)n(C)c1=O. The Morgan fingerprint density at radius 1 is 1.26 bits per heavy atom. The van der Waals surface area contributed by atoms with Crippen molar-refractivity contribution < 1.29 is 17.9 Å². The van der Waals surface area contributed by atoms with Crippen molar-refractivity contribution in [3.05, 3.63) is 64.0 Å². The lowest BCUT2D eigenvalue weighted by Crippen LogP contribution is -2.42. The summed E-state index contributed by atoms with van der Waals surface area (Å²) in [5.41, 5.74) is 0.263. The highest BCUT2D eigenvalue weighted by Gasteiger charge is 2.33. The van der Waals surface area contributed by atoms with Crippen LogP contribution < -0.4 is 5.69 Å². The predicted octanol–water partition coefficient (Wildman–Crippen LogP) is 3.88. The summed E-state index contributed by atoms with van der Waals surface area (Å²) in [6.07, 6.45) is -2.56. The van der Waals surface area contributed by atoms with Gasteiger partial charge in [-0.1, -0.05) is 24.8 Å². The lowest BCUT2D eigenvalue weighted by atomic mass is 9.97. The second-order valence-corrected chi connectivity index (χ2v) is 8.10. The number of hydrogen-bond donors (Lipinski definition) is 0. The summed E-state index contributed by atoms with van der Waals surface area (Å²) in [4.78, 5) is 14.2. The molecule has 1 aromatic carbocycles. The lowest BCUT2D eigenvalue weighted by Gasteiger charge is -2.40. The van der Waals surface area contributed by atoms with Gasteiger partial charge in [-0.2, -0.15) is 18.3 Å². The van der Waals surface area contributed by atoms with Crippen LogP contribution in [0.25, 0.3) is 0 Å². The Labute approximate surface area is 179 Å². The molecule has 31 heavy (non-hydrogen) atoms. The van der Waals surface area contributed by atoms with Crippen LogP contribution in [-0.2, 0) is 31.1 Å². The van der Waals surface area contributed by atoms with Crippen molar-refractivity contribution in [1.29, 1.82) is 0 Å². The smallest absolute Gasteiger partial charge is 0.373 e. The molecule has 170 valence electrons. The van der Waals surface area contributed by atoms with Gasteiger partial charge in [0, 0.05) is 38.3 Å². The molecule has 6 nitrogen and oxygen atoms in total. The molecule has 0 spiro atoms. The van der Waals surface area contributed by atoms with Crippen LogP contribution in [0.4, 0.5) is 13.2 Å². The Morgan fingerprint density at radius 2 is 1.97 bits per heavy atom. The minimum Gasteiger partial charge on any atom is -0.373 e. The zero-order chi connectivity index (χ0) is 22.8. The second-order valence-electron chi connectivity index (χ2n) is 8.10. The fourth-order valence-electron chi connectivity index (χ4n) is 4.05. The summed E-state index contributed by atoms with van der Waals surface area (Å²) in [6.45, 7) is 9.16. The van der Waals surface area contributed by atoms with Gasteiger partial charge in [0.05, 0.1) is 18.3 Å². The third-order valence-electron chi connectivity index (χ3n) is 5.83. The second kappa shape index (κ2) is 9.30. The van der Waals surface area contributed by atoms with Gasteiger partial charge in [0.15, 0.2) is 0 Å². The van der Waals surface area contributed by atoms with E-state index >= 15 is 0 Å². The van der Waals surface area contributed by atoms with E-state index in [2.05, 4.69) is 23.5 Å². The van der Waals surface area contributed by atoms with Gasteiger partial charge in [0.2, 0.25) is 0 Å². The van der Waals surface area contributed by atoms with Crippen LogP contribution in [0.3, 0.4) is 0 Å². The molecular formula is C22H29F3N4O2. The molecule has 1 aliphatic rings. The lowest BCUT2D eigenvalue weighted by molar-refractivity contribution is -0.139. The van der Waals surface area contributed by atoms with E-state index in [4.69, 9.17) is 4.74 Å². The predicted molar refractivity (Wildman–Crippen MR) is 111 cm³/mol. The summed E-state index contributed by atoms with van der Waals surface area (Å²) < 4.78 is 48.4. The Kier molecular flexibility index (Phi) is 6.93. The Morgan fingerprint density at radius 3 is 2.58 bits per heavy atom. The number of nitrogens with zero attached hydrogens (tertiary/aromatic N) is 4.